The average molecular weight is 755 g/mol. The van der Waals surface area contributed by atoms with Gasteiger partial charge in [-0.05, 0) is 97.3 Å². The van der Waals surface area contributed by atoms with Gasteiger partial charge in [-0.25, -0.2) is 9.79 Å². The lowest BCUT2D eigenvalue weighted by atomic mass is 9.97. The molecule has 0 aliphatic carbocycles. The Bertz CT molecular complexity index is 1960. The summed E-state index contributed by atoms with van der Waals surface area (Å²) < 4.78 is 31.7. The fourth-order valence-corrected chi connectivity index (χ4v) is 6.92. The van der Waals surface area contributed by atoms with Gasteiger partial charge in [-0.3, -0.25) is 9.36 Å². The quantitative estimate of drug-likeness (QED) is 0.135. The van der Waals surface area contributed by atoms with E-state index in [0.29, 0.717) is 64.3 Å². The number of methoxy groups -OCH3 is 1. The Labute approximate surface area is 284 Å². The number of nitrogens with zero attached hydrogens (tertiary/aromatic N) is 2. The molecule has 1 aliphatic rings. The number of ether oxygens (including phenoxy) is 5. The molecule has 5 rings (SSSR count). The highest BCUT2D eigenvalue weighted by Gasteiger charge is 2.31. The molecule has 0 saturated heterocycles. The van der Waals surface area contributed by atoms with Gasteiger partial charge in [0.05, 0.1) is 46.6 Å². The number of carbonyl (C=O) groups excluding carboxylic acids is 1. The normalized spacial score (nSPS) is 14.2. The number of halogens is 1. The molecule has 3 aromatic carbocycles. The number of aryl methyl sites for hydroxylation is 1. The van der Waals surface area contributed by atoms with E-state index in [1.54, 1.807) is 12.1 Å². The second-order valence-electron chi connectivity index (χ2n) is 10.3. The highest BCUT2D eigenvalue weighted by atomic mass is 127. The molecule has 46 heavy (non-hydrogen) atoms. The van der Waals surface area contributed by atoms with E-state index in [2.05, 4.69) is 33.6 Å². The van der Waals surface area contributed by atoms with Crippen molar-refractivity contribution in [3.05, 3.63) is 112 Å². The number of carbonyl (C=O) groups is 1. The fraction of sp³-hybridized carbons (Fsp3) is 0.286. The Morgan fingerprint density at radius 1 is 0.957 bits per heavy atom. The van der Waals surface area contributed by atoms with Gasteiger partial charge < -0.3 is 23.7 Å². The Morgan fingerprint density at radius 3 is 2.41 bits per heavy atom. The van der Waals surface area contributed by atoms with Crippen LogP contribution in [0.3, 0.4) is 0 Å². The van der Waals surface area contributed by atoms with Crippen LogP contribution in [-0.2, 0) is 16.1 Å². The third kappa shape index (κ3) is 7.15. The lowest BCUT2D eigenvalue weighted by Gasteiger charge is -2.23. The molecule has 0 bridgehead atoms. The molecule has 0 unspecified atom stereocenters. The van der Waals surface area contributed by atoms with E-state index in [4.69, 9.17) is 23.7 Å². The van der Waals surface area contributed by atoms with Crippen LogP contribution in [0.5, 0.6) is 23.0 Å². The van der Waals surface area contributed by atoms with Crippen molar-refractivity contribution in [1.29, 1.82) is 0 Å². The molecule has 0 spiro atoms. The Morgan fingerprint density at radius 2 is 1.70 bits per heavy atom. The molecule has 9 nitrogen and oxygen atoms in total. The van der Waals surface area contributed by atoms with Gasteiger partial charge in [-0.2, -0.15) is 0 Å². The molecule has 2 heterocycles. The summed E-state index contributed by atoms with van der Waals surface area (Å²) in [5.74, 6) is 1.76. The first kappa shape index (κ1) is 33.3. The van der Waals surface area contributed by atoms with Crippen molar-refractivity contribution in [2.24, 2.45) is 4.99 Å². The van der Waals surface area contributed by atoms with Crippen molar-refractivity contribution in [2.75, 3.05) is 26.9 Å². The monoisotopic (exact) mass is 754 g/mol. The van der Waals surface area contributed by atoms with Crippen molar-refractivity contribution in [2.45, 2.75) is 40.3 Å². The number of hydrogen-bond donors (Lipinski definition) is 0. The van der Waals surface area contributed by atoms with E-state index in [1.165, 1.54) is 29.2 Å². The zero-order valence-corrected chi connectivity index (χ0v) is 29.3. The van der Waals surface area contributed by atoms with Crippen LogP contribution in [0.1, 0.15) is 49.1 Å². The molecule has 1 aromatic heterocycles. The lowest BCUT2D eigenvalue weighted by Crippen LogP contribution is -2.39. The summed E-state index contributed by atoms with van der Waals surface area (Å²) in [5.41, 5.74) is 3.60. The minimum Gasteiger partial charge on any atom is -0.490 e. The predicted octanol–water partition coefficient (Wildman–Crippen LogP) is 5.71. The summed E-state index contributed by atoms with van der Waals surface area (Å²) in [7, 11) is 1.31. The van der Waals surface area contributed by atoms with Gasteiger partial charge in [0.1, 0.15) is 6.61 Å². The number of rotatable bonds is 12. The average Bonchev–Trinajstić information content (AvgIpc) is 3.35. The van der Waals surface area contributed by atoms with Gasteiger partial charge in [0.15, 0.2) is 27.8 Å². The standard InChI is InChI=1S/C35H35IN2O7S/c1-6-42-27-13-12-24(18-28(27)43-7-2)31-25(34(40)41-5)19-37-35-38(31)33(39)30(46-35)17-23-15-26(36)32(29(16-23)44-8-3)45-20-22-11-9-10-21(4)14-22/h9-19,31H,6-8,20H2,1-5H3/b30-17-/t31-/m0/s1. The highest BCUT2D eigenvalue weighted by Crippen LogP contribution is 2.36. The smallest absolute Gasteiger partial charge is 0.337 e. The fourth-order valence-electron chi connectivity index (χ4n) is 5.17. The molecular formula is C35H35IN2O7S. The molecule has 240 valence electrons. The third-order valence-electron chi connectivity index (χ3n) is 7.10. The molecule has 0 saturated carbocycles. The summed E-state index contributed by atoms with van der Waals surface area (Å²) in [6, 6.07) is 16.6. The molecule has 1 atom stereocenters. The maximum atomic E-state index is 14.1. The molecule has 1 aliphatic heterocycles. The van der Waals surface area contributed by atoms with Gasteiger partial charge in [0.2, 0.25) is 0 Å². The number of hydrogen-bond acceptors (Lipinski definition) is 9. The molecular weight excluding hydrogens is 719 g/mol. The van der Waals surface area contributed by atoms with Crippen LogP contribution in [0.15, 0.2) is 76.2 Å². The number of benzene rings is 3. The van der Waals surface area contributed by atoms with Gasteiger partial charge in [0.25, 0.3) is 5.56 Å². The maximum absolute atomic E-state index is 14.1. The molecule has 11 heteroatoms. The second kappa shape index (κ2) is 15.0. The van der Waals surface area contributed by atoms with Crippen LogP contribution in [-0.4, -0.2) is 37.5 Å². The number of aromatic nitrogens is 1. The van der Waals surface area contributed by atoms with E-state index in [-0.39, 0.29) is 11.1 Å². The Balaban J connectivity index is 1.57. The van der Waals surface area contributed by atoms with E-state index in [1.807, 2.05) is 70.2 Å². The zero-order valence-electron chi connectivity index (χ0n) is 26.3. The van der Waals surface area contributed by atoms with Crippen molar-refractivity contribution >= 4 is 46.0 Å². The molecule has 0 radical (unpaired) electrons. The number of esters is 1. The van der Waals surface area contributed by atoms with Crippen molar-refractivity contribution in [1.82, 2.24) is 4.57 Å². The molecule has 0 amide bonds. The summed E-state index contributed by atoms with van der Waals surface area (Å²) in [4.78, 5) is 31.9. The first-order valence-corrected chi connectivity index (χ1v) is 16.8. The van der Waals surface area contributed by atoms with E-state index >= 15 is 0 Å². The molecule has 0 N–H and O–H groups in total. The third-order valence-corrected chi connectivity index (χ3v) is 8.90. The predicted molar refractivity (Wildman–Crippen MR) is 186 cm³/mol. The minimum atomic E-state index is -0.780. The SMILES string of the molecule is CCOc1ccc([C@H]2C(C(=O)OC)=CN=c3s/c(=C\c4cc(I)c(OCc5cccc(C)c5)c(OCC)c4)c(=O)n32)cc1OCC. The van der Waals surface area contributed by atoms with Crippen molar-refractivity contribution < 1.29 is 28.5 Å². The van der Waals surface area contributed by atoms with Crippen LogP contribution in [0.25, 0.3) is 6.08 Å². The number of thiazole rings is 1. The summed E-state index contributed by atoms with van der Waals surface area (Å²) >= 11 is 3.47. The Kier molecular flexibility index (Phi) is 10.8. The molecule has 4 aromatic rings. The van der Waals surface area contributed by atoms with Crippen LogP contribution in [0, 0.1) is 10.5 Å². The highest BCUT2D eigenvalue weighted by molar-refractivity contribution is 14.1. The van der Waals surface area contributed by atoms with Gasteiger partial charge in [-0.1, -0.05) is 47.2 Å². The zero-order chi connectivity index (χ0) is 32.8. The summed E-state index contributed by atoms with van der Waals surface area (Å²) in [5, 5.41) is 0. The summed E-state index contributed by atoms with van der Waals surface area (Å²) in [6.07, 6.45) is 3.28. The van der Waals surface area contributed by atoms with Gasteiger partial charge >= 0.3 is 5.97 Å². The van der Waals surface area contributed by atoms with E-state index < -0.39 is 12.0 Å². The topological polar surface area (TPSA) is 97.6 Å². The van der Waals surface area contributed by atoms with Crippen molar-refractivity contribution in [3.63, 3.8) is 0 Å². The number of fused-ring (bicyclic) bond motifs is 1. The Hall–Kier alpha value is -4.10. The molecule has 0 fully saturated rings. The van der Waals surface area contributed by atoms with E-state index in [9.17, 15) is 9.59 Å². The van der Waals surface area contributed by atoms with Gasteiger partial charge in [0, 0.05) is 6.20 Å². The van der Waals surface area contributed by atoms with Crippen LogP contribution < -0.4 is 33.8 Å². The van der Waals surface area contributed by atoms with Crippen molar-refractivity contribution in [3.8, 4) is 23.0 Å². The largest absolute Gasteiger partial charge is 0.490 e. The first-order chi connectivity index (χ1) is 22.3. The van der Waals surface area contributed by atoms with Gasteiger partial charge in [-0.15, -0.1) is 0 Å². The second-order valence-corrected chi connectivity index (χ2v) is 12.5. The lowest BCUT2D eigenvalue weighted by molar-refractivity contribution is -0.136. The van der Waals surface area contributed by atoms with Crippen LogP contribution in [0.4, 0.5) is 0 Å². The summed E-state index contributed by atoms with van der Waals surface area (Å²) in [6.45, 7) is 9.47. The van der Waals surface area contributed by atoms with Crippen LogP contribution >= 0.6 is 33.9 Å². The maximum Gasteiger partial charge on any atom is 0.337 e. The first-order valence-electron chi connectivity index (χ1n) is 14.9. The van der Waals surface area contributed by atoms with E-state index in [0.717, 1.165) is 20.3 Å². The van der Waals surface area contributed by atoms with Crippen LogP contribution in [0.2, 0.25) is 0 Å². The minimum absolute atomic E-state index is 0.233.